The third kappa shape index (κ3) is 3.57. The fourth-order valence-electron chi connectivity index (χ4n) is 2.12. The van der Waals surface area contributed by atoms with E-state index in [1.165, 1.54) is 37.4 Å². The van der Waals surface area contributed by atoms with Crippen LogP contribution in [-0.2, 0) is 20.1 Å². The van der Waals surface area contributed by atoms with Crippen molar-refractivity contribution >= 4 is 36.9 Å². The molecule has 0 atom stereocenters. The van der Waals surface area contributed by atoms with E-state index in [2.05, 4.69) is 14.7 Å². The summed E-state index contributed by atoms with van der Waals surface area (Å²) in [6.07, 6.45) is 0. The molecule has 132 valence electrons. The lowest BCUT2D eigenvalue weighted by atomic mass is 10.3. The van der Waals surface area contributed by atoms with E-state index in [0.717, 1.165) is 0 Å². The normalized spacial score (nSPS) is 12.2. The summed E-state index contributed by atoms with van der Waals surface area (Å²) in [4.78, 5) is 5.82. The minimum absolute atomic E-state index is 0.116. The Morgan fingerprint density at radius 1 is 1.08 bits per heavy atom. The zero-order chi connectivity index (χ0) is 18.2. The predicted molar refractivity (Wildman–Crippen MR) is 87.9 cm³/mol. The highest BCUT2D eigenvalue weighted by atomic mass is 32.2. The second-order valence-corrected chi connectivity index (χ2v) is 7.99. The van der Waals surface area contributed by atoms with Gasteiger partial charge in [-0.1, -0.05) is 0 Å². The summed E-state index contributed by atoms with van der Waals surface area (Å²) in [7, 11) is -7.18. The minimum atomic E-state index is -4.76. The van der Waals surface area contributed by atoms with Gasteiger partial charge in [0.05, 0.1) is 23.0 Å². The van der Waals surface area contributed by atoms with Crippen LogP contribution in [0.25, 0.3) is 11.0 Å². The largest absolute Gasteiger partial charge is 0.742 e. The number of sulfonamides is 1. The van der Waals surface area contributed by atoms with E-state index in [1.54, 1.807) is 12.1 Å². The van der Waals surface area contributed by atoms with E-state index >= 15 is 0 Å². The molecule has 1 heterocycles. The second-order valence-electron chi connectivity index (χ2n) is 5.01. The molecule has 0 aliphatic carbocycles. The van der Waals surface area contributed by atoms with Crippen LogP contribution in [0.3, 0.4) is 0 Å². The number of hydrogen-bond donors (Lipinski definition) is 2. The molecule has 0 aliphatic heterocycles. The molecule has 0 spiro atoms. The van der Waals surface area contributed by atoms with Crippen LogP contribution in [0.15, 0.2) is 52.5 Å². The number of rotatable bonds is 5. The van der Waals surface area contributed by atoms with Crippen molar-refractivity contribution in [3.63, 3.8) is 0 Å². The number of nitrogens with zero attached hydrogens (tertiary/aromatic N) is 1. The van der Waals surface area contributed by atoms with Gasteiger partial charge in [0.25, 0.3) is 10.0 Å². The third-order valence-corrected chi connectivity index (χ3v) is 5.37. The second kappa shape index (κ2) is 6.02. The monoisotopic (exact) mass is 382 g/mol. The highest BCUT2D eigenvalue weighted by Crippen LogP contribution is 2.22. The van der Waals surface area contributed by atoms with E-state index in [4.69, 9.17) is 4.74 Å². The molecule has 0 bridgehead atoms. The number of H-pyrrole nitrogens is 1. The molecule has 0 fully saturated rings. The Kier molecular flexibility index (Phi) is 4.14. The van der Waals surface area contributed by atoms with Gasteiger partial charge in [0.2, 0.25) is 5.16 Å². The van der Waals surface area contributed by atoms with E-state index in [-0.39, 0.29) is 15.9 Å². The number of imidazole rings is 1. The summed E-state index contributed by atoms with van der Waals surface area (Å²) < 4.78 is 65.2. The van der Waals surface area contributed by atoms with Gasteiger partial charge >= 0.3 is 0 Å². The molecule has 0 saturated heterocycles. The Bertz CT molecular complexity index is 1140. The summed E-state index contributed by atoms with van der Waals surface area (Å²) in [5.41, 5.74) is 0.609. The zero-order valence-corrected chi connectivity index (χ0v) is 14.4. The third-order valence-electron chi connectivity index (χ3n) is 3.32. The van der Waals surface area contributed by atoms with Gasteiger partial charge in [0.1, 0.15) is 5.75 Å². The molecule has 25 heavy (non-hydrogen) atoms. The van der Waals surface area contributed by atoms with Crippen molar-refractivity contribution in [3.05, 3.63) is 42.5 Å². The quantitative estimate of drug-likeness (QED) is 0.633. The molecule has 0 saturated carbocycles. The van der Waals surface area contributed by atoms with Crippen molar-refractivity contribution in [3.8, 4) is 5.75 Å². The maximum atomic E-state index is 12.4. The van der Waals surface area contributed by atoms with Crippen LogP contribution in [0.4, 0.5) is 5.69 Å². The predicted octanol–water partition coefficient (Wildman–Crippen LogP) is 1.28. The molecular weight excluding hydrogens is 370 g/mol. The molecule has 3 rings (SSSR count). The molecule has 0 unspecified atom stereocenters. The maximum absolute atomic E-state index is 12.4. The lowest BCUT2D eigenvalue weighted by Gasteiger charge is -2.08. The van der Waals surface area contributed by atoms with E-state index < -0.39 is 25.3 Å². The summed E-state index contributed by atoms with van der Waals surface area (Å²) in [5.74, 6) is 0.577. The highest BCUT2D eigenvalue weighted by Gasteiger charge is 2.17. The Hall–Kier alpha value is -2.63. The van der Waals surface area contributed by atoms with E-state index in [0.29, 0.717) is 11.4 Å². The molecule has 0 amide bonds. The van der Waals surface area contributed by atoms with Gasteiger partial charge in [-0.3, -0.25) is 4.72 Å². The summed E-state index contributed by atoms with van der Waals surface area (Å²) in [6.45, 7) is 0. The number of fused-ring (bicyclic) bond motifs is 1. The molecule has 0 aliphatic rings. The van der Waals surface area contributed by atoms with Crippen molar-refractivity contribution in [1.29, 1.82) is 0 Å². The number of anilines is 1. The Labute approximate surface area is 143 Å². The number of aromatic amines is 1. The molecule has 2 aromatic carbocycles. The zero-order valence-electron chi connectivity index (χ0n) is 12.8. The molecule has 11 heteroatoms. The van der Waals surface area contributed by atoms with Gasteiger partial charge in [-0.15, -0.1) is 0 Å². The number of ether oxygens (including phenoxy) is 1. The highest BCUT2D eigenvalue weighted by molar-refractivity contribution is 7.92. The summed E-state index contributed by atoms with van der Waals surface area (Å²) in [6, 6.07) is 10.0. The average molecular weight is 382 g/mol. The van der Waals surface area contributed by atoms with Crippen LogP contribution in [0.1, 0.15) is 0 Å². The lowest BCUT2D eigenvalue weighted by molar-refractivity contribution is 0.415. The first-order chi connectivity index (χ1) is 11.7. The minimum Gasteiger partial charge on any atom is -0.742 e. The Morgan fingerprint density at radius 3 is 2.36 bits per heavy atom. The van der Waals surface area contributed by atoms with Crippen molar-refractivity contribution in [1.82, 2.24) is 9.97 Å². The van der Waals surface area contributed by atoms with Crippen LogP contribution in [0.2, 0.25) is 0 Å². The van der Waals surface area contributed by atoms with Crippen molar-refractivity contribution in [2.24, 2.45) is 0 Å². The van der Waals surface area contributed by atoms with E-state index in [9.17, 15) is 21.4 Å². The number of methoxy groups -OCH3 is 1. The van der Waals surface area contributed by atoms with Gasteiger partial charge < -0.3 is 14.3 Å². The first kappa shape index (κ1) is 17.2. The number of benzene rings is 2. The Morgan fingerprint density at radius 2 is 1.76 bits per heavy atom. The van der Waals surface area contributed by atoms with Gasteiger partial charge in [0, 0.05) is 5.69 Å². The van der Waals surface area contributed by atoms with E-state index in [1.807, 2.05) is 0 Å². The number of aromatic nitrogens is 2. The van der Waals surface area contributed by atoms with Crippen LogP contribution in [-0.4, -0.2) is 38.5 Å². The first-order valence-corrected chi connectivity index (χ1v) is 9.71. The summed E-state index contributed by atoms with van der Waals surface area (Å²) in [5, 5.41) is -0.764. The fourth-order valence-corrected chi connectivity index (χ4v) is 3.65. The van der Waals surface area contributed by atoms with Crippen LogP contribution in [0, 0.1) is 0 Å². The van der Waals surface area contributed by atoms with Crippen LogP contribution >= 0.6 is 0 Å². The molecule has 3 aromatic rings. The molecular formula is C14H12N3O6S2-. The summed E-state index contributed by atoms with van der Waals surface area (Å²) >= 11 is 0. The van der Waals surface area contributed by atoms with Crippen molar-refractivity contribution < 1.29 is 26.1 Å². The van der Waals surface area contributed by atoms with Crippen molar-refractivity contribution in [2.75, 3.05) is 11.8 Å². The van der Waals surface area contributed by atoms with Gasteiger partial charge in [0.15, 0.2) is 10.1 Å². The molecule has 1 aromatic heterocycles. The Balaban J connectivity index is 1.95. The van der Waals surface area contributed by atoms with Gasteiger partial charge in [-0.05, 0) is 42.5 Å². The SMILES string of the molecule is COc1ccc(NS(=O)(=O)c2ccc3nc(S(=O)(=O)[O-])[nH]c3c2)cc1. The maximum Gasteiger partial charge on any atom is 0.261 e. The number of nitrogens with one attached hydrogen (secondary N) is 2. The topological polar surface area (TPSA) is 141 Å². The fraction of sp³-hybridized carbons (Fsp3) is 0.0714. The van der Waals surface area contributed by atoms with Crippen LogP contribution < -0.4 is 9.46 Å². The van der Waals surface area contributed by atoms with Crippen LogP contribution in [0.5, 0.6) is 5.75 Å². The van der Waals surface area contributed by atoms with Gasteiger partial charge in [-0.25, -0.2) is 21.8 Å². The first-order valence-electron chi connectivity index (χ1n) is 6.81. The average Bonchev–Trinajstić information content (AvgIpc) is 2.99. The lowest BCUT2D eigenvalue weighted by Crippen LogP contribution is -2.12. The standard InChI is InChI=1S/C14H13N3O6S2/c1-23-10-4-2-9(3-5-10)17-24(18,19)11-6-7-12-13(8-11)16-14(15-12)25(20,21)22/h2-8,17H,1H3,(H,15,16)(H,20,21,22)/p-1. The molecule has 0 radical (unpaired) electrons. The smallest absolute Gasteiger partial charge is 0.261 e. The molecule has 9 nitrogen and oxygen atoms in total. The number of hydrogen-bond acceptors (Lipinski definition) is 7. The van der Waals surface area contributed by atoms with Gasteiger partial charge in [-0.2, -0.15) is 0 Å². The molecule has 2 N–H and O–H groups in total. The van der Waals surface area contributed by atoms with Crippen molar-refractivity contribution in [2.45, 2.75) is 10.1 Å².